The van der Waals surface area contributed by atoms with Gasteiger partial charge in [0.2, 0.25) is 5.91 Å². The van der Waals surface area contributed by atoms with Gasteiger partial charge in [0, 0.05) is 13.3 Å². The van der Waals surface area contributed by atoms with Gasteiger partial charge in [-0.15, -0.1) is 0 Å². The van der Waals surface area contributed by atoms with E-state index in [1.807, 2.05) is 6.08 Å². The Bertz CT molecular complexity index is 782. The van der Waals surface area contributed by atoms with E-state index < -0.39 is 30.0 Å². The zero-order valence-electron chi connectivity index (χ0n) is 32.2. The number of hydrogen-bond acceptors (Lipinski definition) is 5. The summed E-state index contributed by atoms with van der Waals surface area (Å²) in [6.45, 7) is 7.12. The summed E-state index contributed by atoms with van der Waals surface area (Å²) in [7, 11) is 0. The number of carbonyl (C=O) groups excluding carboxylic acids is 3. The fraction of sp³-hybridized carbons (Fsp3) is 0.881. The van der Waals surface area contributed by atoms with Crippen molar-refractivity contribution in [2.75, 3.05) is 0 Å². The normalized spacial score (nSPS) is 13.4. The van der Waals surface area contributed by atoms with Gasteiger partial charge in [0.1, 0.15) is 18.2 Å². The topological polar surface area (TPSA) is 92.7 Å². The maximum absolute atomic E-state index is 12.8. The summed E-state index contributed by atoms with van der Waals surface area (Å²) in [5.41, 5.74) is 0. The van der Waals surface area contributed by atoms with Gasteiger partial charge in [-0.3, -0.25) is 14.4 Å². The zero-order valence-corrected chi connectivity index (χ0v) is 32.2. The van der Waals surface area contributed by atoms with Gasteiger partial charge in [-0.05, 0) is 32.3 Å². The molecule has 0 radical (unpaired) electrons. The summed E-state index contributed by atoms with van der Waals surface area (Å²) in [4.78, 5) is 36.8. The number of ketones is 1. The Balaban J connectivity index is 4.26. The number of esters is 1. The molecule has 0 aromatic carbocycles. The number of amides is 1. The van der Waals surface area contributed by atoms with Gasteiger partial charge in [0.15, 0.2) is 5.78 Å². The van der Waals surface area contributed by atoms with Crippen LogP contribution in [0.5, 0.6) is 0 Å². The Kier molecular flexibility index (Phi) is 33.9. The standard InChI is InChI=1S/C42H79NO5/c1-5-7-9-11-13-15-17-19-20-21-22-24-26-28-30-32-34-36-40(46)43-41(42(47)37(3)44)39(48-38(4)45)35-33-31-29-27-25-23-18-16-14-12-10-8-6-2/h33,35,39,41-42,47H,5-32,34,36H2,1-4H3,(H,43,46). The molecule has 0 saturated heterocycles. The number of Topliss-reactive ketones (excluding diaryl/α,β-unsaturated/α-hetero) is 1. The van der Waals surface area contributed by atoms with Crippen LogP contribution in [0.15, 0.2) is 12.2 Å². The first-order valence-electron chi connectivity index (χ1n) is 20.6. The Hall–Kier alpha value is -1.69. The average molecular weight is 678 g/mol. The number of ether oxygens (including phenoxy) is 1. The quantitative estimate of drug-likeness (QED) is 0.0391. The van der Waals surface area contributed by atoms with Crippen molar-refractivity contribution in [2.45, 2.75) is 239 Å². The van der Waals surface area contributed by atoms with Gasteiger partial charge >= 0.3 is 5.97 Å². The minimum atomic E-state index is -1.44. The maximum atomic E-state index is 12.8. The molecule has 0 heterocycles. The second-order valence-corrected chi connectivity index (χ2v) is 14.4. The van der Waals surface area contributed by atoms with Crippen molar-refractivity contribution in [1.29, 1.82) is 0 Å². The fourth-order valence-electron chi connectivity index (χ4n) is 6.44. The number of aliphatic hydroxyl groups excluding tert-OH is 1. The molecule has 48 heavy (non-hydrogen) atoms. The van der Waals surface area contributed by atoms with Crippen molar-refractivity contribution >= 4 is 17.7 Å². The van der Waals surface area contributed by atoms with Crippen molar-refractivity contribution in [2.24, 2.45) is 0 Å². The van der Waals surface area contributed by atoms with Crippen LogP contribution in [0.25, 0.3) is 0 Å². The Morgan fingerprint density at radius 3 is 1.27 bits per heavy atom. The van der Waals surface area contributed by atoms with Crippen molar-refractivity contribution in [1.82, 2.24) is 5.32 Å². The van der Waals surface area contributed by atoms with E-state index in [1.165, 1.54) is 162 Å². The van der Waals surface area contributed by atoms with Gasteiger partial charge in [0.25, 0.3) is 0 Å². The van der Waals surface area contributed by atoms with E-state index in [0.29, 0.717) is 6.42 Å². The smallest absolute Gasteiger partial charge is 0.303 e. The Morgan fingerprint density at radius 1 is 0.562 bits per heavy atom. The number of unbranched alkanes of at least 4 members (excludes halogenated alkanes) is 27. The van der Waals surface area contributed by atoms with Crippen LogP contribution in [-0.2, 0) is 19.1 Å². The molecule has 0 aliphatic rings. The lowest BCUT2D eigenvalue weighted by molar-refractivity contribution is -0.149. The van der Waals surface area contributed by atoms with E-state index in [1.54, 1.807) is 6.08 Å². The average Bonchev–Trinajstić information content (AvgIpc) is 3.06. The number of rotatable bonds is 36. The second kappa shape index (κ2) is 35.1. The first kappa shape index (κ1) is 46.3. The number of nitrogens with one attached hydrogen (secondary N) is 1. The van der Waals surface area contributed by atoms with Gasteiger partial charge in [-0.25, -0.2) is 0 Å². The number of carbonyl (C=O) groups is 3. The molecule has 0 spiro atoms. The molecular formula is C42H79NO5. The van der Waals surface area contributed by atoms with Gasteiger partial charge in [-0.2, -0.15) is 0 Å². The van der Waals surface area contributed by atoms with Crippen LogP contribution in [-0.4, -0.2) is 41.0 Å². The summed E-state index contributed by atoms with van der Waals surface area (Å²) in [6.07, 6.45) is 38.3. The molecule has 0 aliphatic heterocycles. The maximum Gasteiger partial charge on any atom is 0.303 e. The summed E-state index contributed by atoms with van der Waals surface area (Å²) < 4.78 is 5.48. The lowest BCUT2D eigenvalue weighted by atomic mass is 9.99. The van der Waals surface area contributed by atoms with Crippen LogP contribution < -0.4 is 5.32 Å². The van der Waals surface area contributed by atoms with Crippen molar-refractivity contribution in [3.8, 4) is 0 Å². The third-order valence-corrected chi connectivity index (χ3v) is 9.55. The zero-order chi connectivity index (χ0) is 35.5. The minimum absolute atomic E-state index is 0.225. The summed E-state index contributed by atoms with van der Waals surface area (Å²) in [6, 6.07) is -1.00. The van der Waals surface area contributed by atoms with Crippen LogP contribution in [0.2, 0.25) is 0 Å². The molecule has 0 saturated carbocycles. The largest absolute Gasteiger partial charge is 0.456 e. The van der Waals surface area contributed by atoms with Crippen LogP contribution in [0.4, 0.5) is 0 Å². The molecule has 1 amide bonds. The lowest BCUT2D eigenvalue weighted by Crippen LogP contribution is -2.53. The molecule has 3 unspecified atom stereocenters. The number of aliphatic hydroxyl groups is 1. The lowest BCUT2D eigenvalue weighted by Gasteiger charge is -2.28. The SMILES string of the molecule is CCCCCCCCCCCCCC=CC(OC(C)=O)C(NC(=O)CCCCCCCCCCCCCCCCCCC)C(O)C(C)=O. The van der Waals surface area contributed by atoms with Crippen LogP contribution >= 0.6 is 0 Å². The second-order valence-electron chi connectivity index (χ2n) is 14.4. The first-order valence-corrected chi connectivity index (χ1v) is 20.6. The summed E-state index contributed by atoms with van der Waals surface area (Å²) in [5, 5.41) is 13.5. The summed E-state index contributed by atoms with van der Waals surface area (Å²) >= 11 is 0. The Morgan fingerprint density at radius 2 is 0.917 bits per heavy atom. The van der Waals surface area contributed by atoms with E-state index in [4.69, 9.17) is 4.74 Å². The van der Waals surface area contributed by atoms with Crippen LogP contribution in [0.1, 0.15) is 220 Å². The third kappa shape index (κ3) is 30.4. The van der Waals surface area contributed by atoms with Gasteiger partial charge < -0.3 is 15.2 Å². The van der Waals surface area contributed by atoms with Crippen molar-refractivity contribution in [3.63, 3.8) is 0 Å². The molecular weight excluding hydrogens is 598 g/mol. The van der Waals surface area contributed by atoms with Crippen molar-refractivity contribution < 1.29 is 24.2 Å². The molecule has 0 bridgehead atoms. The Labute approximate surface area is 297 Å². The highest BCUT2D eigenvalue weighted by Crippen LogP contribution is 2.16. The molecule has 0 aromatic heterocycles. The minimum Gasteiger partial charge on any atom is -0.456 e. The highest BCUT2D eigenvalue weighted by atomic mass is 16.5. The molecule has 0 fully saturated rings. The van der Waals surface area contributed by atoms with Gasteiger partial charge in [-0.1, -0.05) is 187 Å². The molecule has 282 valence electrons. The molecule has 0 aromatic rings. The fourth-order valence-corrected chi connectivity index (χ4v) is 6.44. The molecule has 2 N–H and O–H groups in total. The molecule has 0 aliphatic carbocycles. The monoisotopic (exact) mass is 678 g/mol. The predicted octanol–water partition coefficient (Wildman–Crippen LogP) is 11.7. The number of allylic oxidation sites excluding steroid dienone is 1. The molecule has 3 atom stereocenters. The van der Waals surface area contributed by atoms with Gasteiger partial charge in [0.05, 0.1) is 0 Å². The molecule has 6 heteroatoms. The highest BCUT2D eigenvalue weighted by molar-refractivity contribution is 5.83. The molecule has 0 rings (SSSR count). The third-order valence-electron chi connectivity index (χ3n) is 9.55. The van der Waals surface area contributed by atoms with Crippen LogP contribution in [0, 0.1) is 0 Å². The van der Waals surface area contributed by atoms with E-state index >= 15 is 0 Å². The van der Waals surface area contributed by atoms with E-state index in [-0.39, 0.29) is 5.91 Å². The number of hydrogen-bond donors (Lipinski definition) is 2. The highest BCUT2D eigenvalue weighted by Gasteiger charge is 2.33. The molecule has 6 nitrogen and oxygen atoms in total. The van der Waals surface area contributed by atoms with E-state index in [2.05, 4.69) is 19.2 Å². The van der Waals surface area contributed by atoms with E-state index in [9.17, 15) is 19.5 Å². The summed E-state index contributed by atoms with van der Waals surface area (Å²) in [5.74, 6) is -1.20. The van der Waals surface area contributed by atoms with Crippen molar-refractivity contribution in [3.05, 3.63) is 12.2 Å². The first-order chi connectivity index (χ1) is 23.3. The van der Waals surface area contributed by atoms with Crippen LogP contribution in [0.3, 0.4) is 0 Å². The predicted molar refractivity (Wildman–Crippen MR) is 203 cm³/mol. The van der Waals surface area contributed by atoms with E-state index in [0.717, 1.165) is 38.5 Å².